The van der Waals surface area contributed by atoms with Crippen molar-refractivity contribution in [2.24, 2.45) is 22.4 Å². The molecule has 0 saturated carbocycles. The van der Waals surface area contributed by atoms with Crippen molar-refractivity contribution in [3.05, 3.63) is 0 Å². The molecule has 5 N–H and O–H groups in total. The number of nitrogens with zero attached hydrogens (tertiary/aromatic N) is 1. The number of nitrogens with two attached hydrogens (primary N) is 2. The lowest BCUT2D eigenvalue weighted by Crippen LogP contribution is -2.30. The predicted octanol–water partition coefficient (Wildman–Crippen LogP) is -0.538. The molecule has 0 spiro atoms. The molecule has 0 radical (unpaired) electrons. The third-order valence-corrected chi connectivity index (χ3v) is 2.43. The van der Waals surface area contributed by atoms with Crippen molar-refractivity contribution in [2.75, 3.05) is 6.54 Å². The highest BCUT2D eigenvalue weighted by molar-refractivity contribution is 5.86. The summed E-state index contributed by atoms with van der Waals surface area (Å²) < 4.78 is 0. The van der Waals surface area contributed by atoms with Gasteiger partial charge in [-0.25, -0.2) is 0 Å². The van der Waals surface area contributed by atoms with Gasteiger partial charge in [-0.05, 0) is 19.4 Å². The predicted molar refractivity (Wildman–Crippen MR) is 48.9 cm³/mol. The summed E-state index contributed by atoms with van der Waals surface area (Å²) in [7, 11) is 0. The SMILES string of the molecule is C[C@@H]1[C@H](CCCN)N=C(N)[C@@H]1O. The maximum atomic E-state index is 9.45. The van der Waals surface area contributed by atoms with Crippen LogP contribution in [-0.4, -0.2) is 29.6 Å². The van der Waals surface area contributed by atoms with E-state index in [1.807, 2.05) is 6.92 Å². The van der Waals surface area contributed by atoms with Crippen LogP contribution >= 0.6 is 0 Å². The van der Waals surface area contributed by atoms with Crippen LogP contribution in [0.15, 0.2) is 4.99 Å². The maximum Gasteiger partial charge on any atom is 0.123 e. The highest BCUT2D eigenvalue weighted by Crippen LogP contribution is 2.23. The Morgan fingerprint density at radius 2 is 2.25 bits per heavy atom. The molecule has 70 valence electrons. The van der Waals surface area contributed by atoms with E-state index in [2.05, 4.69) is 4.99 Å². The summed E-state index contributed by atoms with van der Waals surface area (Å²) in [6.45, 7) is 2.64. The number of aliphatic hydroxyl groups excluding tert-OH is 1. The van der Waals surface area contributed by atoms with Crippen molar-refractivity contribution in [3.63, 3.8) is 0 Å². The second-order valence-corrected chi connectivity index (χ2v) is 3.36. The van der Waals surface area contributed by atoms with Gasteiger partial charge in [-0.1, -0.05) is 6.92 Å². The van der Waals surface area contributed by atoms with E-state index in [4.69, 9.17) is 11.5 Å². The molecular weight excluding hydrogens is 154 g/mol. The van der Waals surface area contributed by atoms with Crippen LogP contribution in [0.25, 0.3) is 0 Å². The molecule has 1 rings (SSSR count). The van der Waals surface area contributed by atoms with Gasteiger partial charge >= 0.3 is 0 Å². The van der Waals surface area contributed by atoms with Gasteiger partial charge in [0, 0.05) is 5.92 Å². The number of rotatable bonds is 3. The van der Waals surface area contributed by atoms with Gasteiger partial charge in [0.2, 0.25) is 0 Å². The first-order valence-electron chi connectivity index (χ1n) is 4.38. The highest BCUT2D eigenvalue weighted by atomic mass is 16.3. The second kappa shape index (κ2) is 3.87. The Balaban J connectivity index is 2.46. The average molecular weight is 171 g/mol. The summed E-state index contributed by atoms with van der Waals surface area (Å²) in [5, 5.41) is 9.45. The Bertz CT molecular complexity index is 181. The first-order chi connectivity index (χ1) is 5.66. The van der Waals surface area contributed by atoms with Gasteiger partial charge in [0.1, 0.15) is 11.9 Å². The Morgan fingerprint density at radius 3 is 2.67 bits per heavy atom. The minimum Gasteiger partial charge on any atom is -0.385 e. The van der Waals surface area contributed by atoms with E-state index < -0.39 is 6.10 Å². The summed E-state index contributed by atoms with van der Waals surface area (Å²) in [6.07, 6.45) is 1.32. The minimum atomic E-state index is -0.548. The van der Waals surface area contributed by atoms with Gasteiger partial charge in [0.15, 0.2) is 0 Å². The van der Waals surface area contributed by atoms with Crippen LogP contribution in [0, 0.1) is 5.92 Å². The maximum absolute atomic E-state index is 9.45. The smallest absolute Gasteiger partial charge is 0.123 e. The molecule has 0 fully saturated rings. The first-order valence-corrected chi connectivity index (χ1v) is 4.38. The zero-order valence-electron chi connectivity index (χ0n) is 7.40. The lowest BCUT2D eigenvalue weighted by molar-refractivity contribution is 0.176. The molecule has 3 atom stereocenters. The van der Waals surface area contributed by atoms with E-state index in [9.17, 15) is 5.11 Å². The fraction of sp³-hybridized carbons (Fsp3) is 0.875. The molecule has 0 saturated heterocycles. The van der Waals surface area contributed by atoms with Crippen molar-refractivity contribution in [1.29, 1.82) is 0 Å². The molecule has 0 aromatic carbocycles. The van der Waals surface area contributed by atoms with E-state index in [0.29, 0.717) is 12.4 Å². The lowest BCUT2D eigenvalue weighted by atomic mass is 9.96. The summed E-state index contributed by atoms with van der Waals surface area (Å²) in [4.78, 5) is 4.18. The second-order valence-electron chi connectivity index (χ2n) is 3.36. The molecule has 12 heavy (non-hydrogen) atoms. The van der Waals surface area contributed by atoms with E-state index >= 15 is 0 Å². The number of hydrogen-bond donors (Lipinski definition) is 3. The van der Waals surface area contributed by atoms with Crippen molar-refractivity contribution in [2.45, 2.75) is 31.9 Å². The highest BCUT2D eigenvalue weighted by Gasteiger charge is 2.32. The van der Waals surface area contributed by atoms with E-state index in [0.717, 1.165) is 12.8 Å². The van der Waals surface area contributed by atoms with E-state index in [1.54, 1.807) is 0 Å². The quantitative estimate of drug-likeness (QED) is 0.533. The largest absolute Gasteiger partial charge is 0.385 e. The molecule has 0 aromatic heterocycles. The lowest BCUT2D eigenvalue weighted by Gasteiger charge is -2.14. The topological polar surface area (TPSA) is 84.6 Å². The van der Waals surface area contributed by atoms with E-state index in [1.165, 1.54) is 0 Å². The van der Waals surface area contributed by atoms with Gasteiger partial charge in [0.25, 0.3) is 0 Å². The molecule has 0 unspecified atom stereocenters. The molecule has 4 nitrogen and oxygen atoms in total. The number of amidine groups is 1. The third kappa shape index (κ3) is 1.76. The van der Waals surface area contributed by atoms with Crippen molar-refractivity contribution >= 4 is 5.84 Å². The molecule has 1 aliphatic rings. The van der Waals surface area contributed by atoms with E-state index in [-0.39, 0.29) is 12.0 Å². The van der Waals surface area contributed by atoms with Gasteiger partial charge < -0.3 is 16.6 Å². The summed E-state index contributed by atoms with van der Waals surface area (Å²) in [5.41, 5.74) is 10.9. The zero-order valence-corrected chi connectivity index (χ0v) is 7.40. The van der Waals surface area contributed by atoms with Crippen molar-refractivity contribution < 1.29 is 5.11 Å². The monoisotopic (exact) mass is 171 g/mol. The van der Waals surface area contributed by atoms with Crippen LogP contribution in [0.5, 0.6) is 0 Å². The summed E-state index contributed by atoms with van der Waals surface area (Å²) in [5.74, 6) is 0.529. The van der Waals surface area contributed by atoms with Crippen LogP contribution in [0.3, 0.4) is 0 Å². The molecular formula is C8H17N3O. The number of aliphatic hydroxyl groups is 1. The first kappa shape index (κ1) is 9.48. The van der Waals surface area contributed by atoms with Gasteiger partial charge in [-0.3, -0.25) is 4.99 Å². The standard InChI is InChI=1S/C8H17N3O/c1-5-6(3-2-4-9)11-8(10)7(5)12/h5-7,12H,2-4,9H2,1H3,(H2,10,11)/t5-,6+,7-/m1/s1. The van der Waals surface area contributed by atoms with Crippen LogP contribution in [0.4, 0.5) is 0 Å². The van der Waals surface area contributed by atoms with Crippen molar-refractivity contribution in [3.8, 4) is 0 Å². The van der Waals surface area contributed by atoms with Crippen molar-refractivity contribution in [1.82, 2.24) is 0 Å². The Labute approximate surface area is 72.7 Å². The van der Waals surface area contributed by atoms with Gasteiger partial charge in [-0.15, -0.1) is 0 Å². The Kier molecular flexibility index (Phi) is 3.05. The normalized spacial score (nSPS) is 35.2. The molecule has 0 aliphatic carbocycles. The molecule has 4 heteroatoms. The average Bonchev–Trinajstić information content (AvgIpc) is 2.30. The number of hydrogen-bond acceptors (Lipinski definition) is 4. The van der Waals surface area contributed by atoms with Gasteiger partial charge in [0.05, 0.1) is 6.04 Å². The Hall–Kier alpha value is -0.610. The van der Waals surface area contributed by atoms with Crippen LogP contribution in [-0.2, 0) is 0 Å². The number of aliphatic imine (C=N–C) groups is 1. The summed E-state index contributed by atoms with van der Waals surface area (Å²) >= 11 is 0. The molecule has 0 bridgehead atoms. The Morgan fingerprint density at radius 1 is 1.58 bits per heavy atom. The van der Waals surface area contributed by atoms with Crippen LogP contribution in [0.1, 0.15) is 19.8 Å². The van der Waals surface area contributed by atoms with Gasteiger partial charge in [-0.2, -0.15) is 0 Å². The molecule has 1 heterocycles. The molecule has 0 amide bonds. The van der Waals surface area contributed by atoms with Crippen LogP contribution in [0.2, 0.25) is 0 Å². The fourth-order valence-electron chi connectivity index (χ4n) is 1.52. The minimum absolute atomic E-state index is 0.150. The third-order valence-electron chi connectivity index (χ3n) is 2.43. The van der Waals surface area contributed by atoms with Crippen LogP contribution < -0.4 is 11.5 Å². The fourth-order valence-corrected chi connectivity index (χ4v) is 1.52. The molecule has 0 aromatic rings. The summed E-state index contributed by atoms with van der Waals surface area (Å²) in [6, 6.07) is 0.170. The molecule has 1 aliphatic heterocycles. The zero-order chi connectivity index (χ0) is 9.14.